The van der Waals surface area contributed by atoms with Gasteiger partial charge in [0.25, 0.3) is 5.91 Å². The molecule has 0 aromatic heterocycles. The fraction of sp³-hybridized carbons (Fsp3) is 0.556. The van der Waals surface area contributed by atoms with Crippen molar-refractivity contribution >= 4 is 34.2 Å². The summed E-state index contributed by atoms with van der Waals surface area (Å²) in [5, 5.41) is 2.63. The molecule has 2 fully saturated rings. The molecular weight excluding hydrogens is 232 g/mol. The van der Waals surface area contributed by atoms with E-state index in [9.17, 15) is 4.79 Å². The van der Waals surface area contributed by atoms with Gasteiger partial charge in [-0.25, -0.2) is 0 Å². The van der Waals surface area contributed by atoms with E-state index in [1.54, 1.807) is 0 Å². The Morgan fingerprint density at radius 3 is 2.73 bits per heavy atom. The summed E-state index contributed by atoms with van der Waals surface area (Å²) in [5.41, 5.74) is 1.00. The van der Waals surface area contributed by atoms with Crippen molar-refractivity contribution in [3.8, 4) is 0 Å². The summed E-state index contributed by atoms with van der Waals surface area (Å²) in [5.74, 6) is -0.0750. The molecule has 0 spiro atoms. The average molecular weight is 244 g/mol. The van der Waals surface area contributed by atoms with Crippen LogP contribution in [0, 0.1) is 0 Å². The van der Waals surface area contributed by atoms with Crippen LogP contribution in [0.5, 0.6) is 0 Å². The van der Waals surface area contributed by atoms with Crippen molar-refractivity contribution in [2.75, 3.05) is 26.3 Å². The Bertz CT molecular complexity index is 335. The number of rotatable bonds is 1. The number of morpholine rings is 1. The van der Waals surface area contributed by atoms with Crippen LogP contribution >= 0.6 is 24.0 Å². The molecule has 6 heteroatoms. The second-order valence-corrected chi connectivity index (χ2v) is 5.04. The largest absolute Gasteiger partial charge is 0.378 e. The zero-order valence-corrected chi connectivity index (χ0v) is 10.0. The number of hydrogen-bond acceptors (Lipinski definition) is 5. The van der Waals surface area contributed by atoms with Gasteiger partial charge in [-0.1, -0.05) is 24.0 Å². The minimum Gasteiger partial charge on any atom is -0.378 e. The van der Waals surface area contributed by atoms with E-state index in [1.807, 2.05) is 6.92 Å². The van der Waals surface area contributed by atoms with Crippen LogP contribution in [0.4, 0.5) is 0 Å². The first-order valence-corrected chi connectivity index (χ1v) is 5.97. The zero-order valence-electron chi connectivity index (χ0n) is 8.41. The third kappa shape index (κ3) is 2.32. The summed E-state index contributed by atoms with van der Waals surface area (Å²) in [6.45, 7) is 5.09. The predicted octanol–water partition coefficient (Wildman–Crippen LogP) is 0.698. The molecule has 0 aromatic carbocycles. The first-order chi connectivity index (χ1) is 7.18. The molecule has 2 heterocycles. The first-order valence-electron chi connectivity index (χ1n) is 4.75. The van der Waals surface area contributed by atoms with Crippen molar-refractivity contribution in [3.05, 3.63) is 10.6 Å². The van der Waals surface area contributed by atoms with Gasteiger partial charge in [0.1, 0.15) is 4.32 Å². The number of ether oxygens (including phenoxy) is 1. The fourth-order valence-corrected chi connectivity index (χ4v) is 2.69. The standard InChI is InChI=1S/C9H12N2O2S2/c1-6(11-2-4-13-5-3-11)7-8(12)10-9(14)15-7/h2-5H2,1H3,(H,10,12,14)/b7-6+. The van der Waals surface area contributed by atoms with E-state index >= 15 is 0 Å². The average Bonchev–Trinajstić information content (AvgIpc) is 2.58. The van der Waals surface area contributed by atoms with Gasteiger partial charge in [0.15, 0.2) is 0 Å². The summed E-state index contributed by atoms with van der Waals surface area (Å²) >= 11 is 6.29. The molecule has 0 atom stereocenters. The van der Waals surface area contributed by atoms with Crippen LogP contribution in [0.3, 0.4) is 0 Å². The normalized spacial score (nSPS) is 25.5. The smallest absolute Gasteiger partial charge is 0.265 e. The fourth-order valence-electron chi connectivity index (χ4n) is 1.59. The lowest BCUT2D eigenvalue weighted by atomic mass is 10.3. The maximum atomic E-state index is 11.5. The van der Waals surface area contributed by atoms with Crippen molar-refractivity contribution in [2.45, 2.75) is 6.92 Å². The van der Waals surface area contributed by atoms with Gasteiger partial charge in [-0.15, -0.1) is 0 Å². The van der Waals surface area contributed by atoms with Crippen molar-refractivity contribution < 1.29 is 9.53 Å². The van der Waals surface area contributed by atoms with Crippen LogP contribution in [-0.2, 0) is 9.53 Å². The third-order valence-electron chi connectivity index (χ3n) is 2.43. The van der Waals surface area contributed by atoms with Gasteiger partial charge < -0.3 is 15.0 Å². The molecular formula is C9H12N2O2S2. The Labute approximate surface area is 98.0 Å². The van der Waals surface area contributed by atoms with Crippen LogP contribution in [0.1, 0.15) is 6.92 Å². The Morgan fingerprint density at radius 1 is 1.53 bits per heavy atom. The number of thiocarbonyl (C=S) groups is 1. The summed E-state index contributed by atoms with van der Waals surface area (Å²) in [6.07, 6.45) is 0. The van der Waals surface area contributed by atoms with Crippen LogP contribution in [-0.4, -0.2) is 41.4 Å². The number of amides is 1. The SMILES string of the molecule is C/C(=C1\SC(=S)NC1=O)N1CCOCC1. The van der Waals surface area contributed by atoms with Gasteiger partial charge in [-0.2, -0.15) is 0 Å². The van der Waals surface area contributed by atoms with Gasteiger partial charge in [-0.05, 0) is 6.92 Å². The molecule has 0 radical (unpaired) electrons. The minimum absolute atomic E-state index is 0.0750. The minimum atomic E-state index is -0.0750. The highest BCUT2D eigenvalue weighted by Crippen LogP contribution is 2.28. The molecule has 0 aromatic rings. The number of nitrogens with one attached hydrogen (secondary N) is 1. The van der Waals surface area contributed by atoms with Crippen molar-refractivity contribution in [2.24, 2.45) is 0 Å². The Balaban J connectivity index is 2.16. The van der Waals surface area contributed by atoms with E-state index in [2.05, 4.69) is 10.2 Å². The van der Waals surface area contributed by atoms with E-state index in [0.717, 1.165) is 36.9 Å². The molecule has 2 aliphatic heterocycles. The quantitative estimate of drug-likeness (QED) is 0.543. The van der Waals surface area contributed by atoms with Gasteiger partial charge in [0.2, 0.25) is 0 Å². The predicted molar refractivity (Wildman–Crippen MR) is 63.4 cm³/mol. The lowest BCUT2D eigenvalue weighted by molar-refractivity contribution is -0.115. The Kier molecular flexibility index (Phi) is 3.28. The van der Waals surface area contributed by atoms with Crippen molar-refractivity contribution in [1.82, 2.24) is 10.2 Å². The molecule has 15 heavy (non-hydrogen) atoms. The molecule has 2 rings (SSSR count). The highest BCUT2D eigenvalue weighted by Gasteiger charge is 2.27. The highest BCUT2D eigenvalue weighted by molar-refractivity contribution is 8.26. The number of allylic oxidation sites excluding steroid dienone is 1. The van der Waals surface area contributed by atoms with Crippen molar-refractivity contribution in [3.63, 3.8) is 0 Å². The van der Waals surface area contributed by atoms with Gasteiger partial charge in [0.05, 0.1) is 18.1 Å². The molecule has 0 unspecified atom stereocenters. The third-order valence-corrected chi connectivity index (χ3v) is 3.76. The molecule has 1 amide bonds. The molecule has 4 nitrogen and oxygen atoms in total. The van der Waals surface area contributed by atoms with Crippen molar-refractivity contribution in [1.29, 1.82) is 0 Å². The summed E-state index contributed by atoms with van der Waals surface area (Å²) in [7, 11) is 0. The molecule has 0 bridgehead atoms. The van der Waals surface area contributed by atoms with Gasteiger partial charge in [0, 0.05) is 18.8 Å². The van der Waals surface area contributed by atoms with E-state index in [4.69, 9.17) is 17.0 Å². The summed E-state index contributed by atoms with van der Waals surface area (Å²) < 4.78 is 5.81. The van der Waals surface area contributed by atoms with E-state index in [0.29, 0.717) is 4.32 Å². The molecule has 2 saturated heterocycles. The lowest BCUT2D eigenvalue weighted by Gasteiger charge is -2.29. The number of carbonyl (C=O) groups excluding carboxylic acids is 1. The monoisotopic (exact) mass is 244 g/mol. The molecule has 1 N–H and O–H groups in total. The Hall–Kier alpha value is -0.590. The number of nitrogens with zero attached hydrogens (tertiary/aromatic N) is 1. The Morgan fingerprint density at radius 2 is 2.20 bits per heavy atom. The van der Waals surface area contributed by atoms with E-state index < -0.39 is 0 Å². The highest BCUT2D eigenvalue weighted by atomic mass is 32.2. The summed E-state index contributed by atoms with van der Waals surface area (Å²) in [4.78, 5) is 14.4. The lowest BCUT2D eigenvalue weighted by Crippen LogP contribution is -2.35. The van der Waals surface area contributed by atoms with E-state index in [-0.39, 0.29) is 5.91 Å². The number of carbonyl (C=O) groups is 1. The number of hydrogen-bond donors (Lipinski definition) is 1. The molecule has 82 valence electrons. The maximum Gasteiger partial charge on any atom is 0.265 e. The van der Waals surface area contributed by atoms with E-state index in [1.165, 1.54) is 11.8 Å². The zero-order chi connectivity index (χ0) is 10.8. The summed E-state index contributed by atoms with van der Waals surface area (Å²) in [6, 6.07) is 0. The topological polar surface area (TPSA) is 41.6 Å². The second-order valence-electron chi connectivity index (χ2n) is 3.36. The van der Waals surface area contributed by atoms with Crippen LogP contribution < -0.4 is 5.32 Å². The maximum absolute atomic E-state index is 11.5. The second kappa shape index (κ2) is 4.51. The van der Waals surface area contributed by atoms with Gasteiger partial charge in [-0.3, -0.25) is 4.79 Å². The molecule has 0 saturated carbocycles. The molecule has 0 aliphatic carbocycles. The van der Waals surface area contributed by atoms with Crippen LogP contribution in [0.2, 0.25) is 0 Å². The number of thioether (sulfide) groups is 1. The van der Waals surface area contributed by atoms with Crippen LogP contribution in [0.25, 0.3) is 0 Å². The molecule has 2 aliphatic rings. The first kappa shape index (κ1) is 10.9. The van der Waals surface area contributed by atoms with Gasteiger partial charge >= 0.3 is 0 Å². The van der Waals surface area contributed by atoms with Crippen LogP contribution in [0.15, 0.2) is 10.6 Å².